The monoisotopic (exact) mass is 269 g/mol. The van der Waals surface area contributed by atoms with E-state index in [9.17, 15) is 0 Å². The lowest BCUT2D eigenvalue weighted by Crippen LogP contribution is -2.61. The number of hydrogen-bond donors (Lipinski definition) is 2. The first-order valence-corrected chi connectivity index (χ1v) is 8.31. The van der Waals surface area contributed by atoms with Gasteiger partial charge in [-0.05, 0) is 38.3 Å². The van der Waals surface area contributed by atoms with Gasteiger partial charge in [-0.1, -0.05) is 53.4 Å². The average molecular weight is 269 g/mol. The third kappa shape index (κ3) is 4.17. The van der Waals surface area contributed by atoms with Crippen LogP contribution in [0.3, 0.4) is 0 Å². The number of likely N-dealkylation sites (N-methyl/N-ethyl adjacent to an activating group) is 1. The molecule has 1 saturated carbocycles. The molecule has 1 rings (SSSR count). The number of nitrogens with two attached hydrogens (primary N) is 1. The Labute approximate surface area is 120 Å². The predicted molar refractivity (Wildman–Crippen MR) is 83.9 cm³/mol. The van der Waals surface area contributed by atoms with Gasteiger partial charge < -0.3 is 0 Å². The first-order valence-electron chi connectivity index (χ1n) is 8.31. The molecule has 1 atom stereocenters. The fraction of sp³-hybridized carbons (Fsp3) is 1.00. The second-order valence-electron chi connectivity index (χ2n) is 6.53. The summed E-state index contributed by atoms with van der Waals surface area (Å²) in [5, 5.41) is 0. The molecule has 0 aromatic carbocycles. The van der Waals surface area contributed by atoms with Crippen molar-refractivity contribution in [1.29, 1.82) is 0 Å². The maximum Gasteiger partial charge on any atom is 0.0394 e. The summed E-state index contributed by atoms with van der Waals surface area (Å²) in [5.41, 5.74) is 3.48. The molecule has 19 heavy (non-hydrogen) atoms. The smallest absolute Gasteiger partial charge is 0.0394 e. The van der Waals surface area contributed by atoms with Crippen molar-refractivity contribution < 1.29 is 0 Å². The Balaban J connectivity index is 2.71. The molecule has 1 unspecified atom stereocenters. The fourth-order valence-corrected chi connectivity index (χ4v) is 3.96. The highest BCUT2D eigenvalue weighted by Crippen LogP contribution is 2.39. The van der Waals surface area contributed by atoms with Gasteiger partial charge in [-0.15, -0.1) is 0 Å². The normalized spacial score (nSPS) is 20.4. The predicted octanol–water partition coefficient (Wildman–Crippen LogP) is 3.30. The minimum absolute atomic E-state index is 0.315. The summed E-state index contributed by atoms with van der Waals surface area (Å²) < 4.78 is 0. The second-order valence-corrected chi connectivity index (χ2v) is 6.53. The molecule has 1 aliphatic carbocycles. The van der Waals surface area contributed by atoms with Gasteiger partial charge >= 0.3 is 0 Å². The van der Waals surface area contributed by atoms with Crippen molar-refractivity contribution in [2.24, 2.45) is 11.8 Å². The molecule has 3 N–H and O–H groups in total. The third-order valence-electron chi connectivity index (χ3n) is 4.99. The van der Waals surface area contributed by atoms with E-state index in [1.807, 2.05) is 0 Å². The van der Waals surface area contributed by atoms with Gasteiger partial charge in [0, 0.05) is 11.6 Å². The highest BCUT2D eigenvalue weighted by atomic mass is 15.3. The van der Waals surface area contributed by atoms with Crippen molar-refractivity contribution in [3.05, 3.63) is 0 Å². The van der Waals surface area contributed by atoms with Gasteiger partial charge in [-0.25, -0.2) is 0 Å². The Hall–Kier alpha value is -0.120. The van der Waals surface area contributed by atoms with Crippen LogP contribution in [-0.2, 0) is 0 Å². The zero-order valence-electron chi connectivity index (χ0n) is 13.5. The maximum atomic E-state index is 5.93. The summed E-state index contributed by atoms with van der Waals surface area (Å²) in [6.45, 7) is 11.5. The Morgan fingerprint density at radius 2 is 1.68 bits per heavy atom. The van der Waals surface area contributed by atoms with Crippen LogP contribution in [0, 0.1) is 5.92 Å². The summed E-state index contributed by atoms with van der Waals surface area (Å²) in [5.74, 6) is 6.72. The topological polar surface area (TPSA) is 41.3 Å². The van der Waals surface area contributed by atoms with E-state index in [4.69, 9.17) is 5.84 Å². The lowest BCUT2D eigenvalue weighted by Gasteiger charge is -2.46. The van der Waals surface area contributed by atoms with Crippen LogP contribution in [0.4, 0.5) is 0 Å². The summed E-state index contributed by atoms with van der Waals surface area (Å²) in [6.07, 6.45) is 9.15. The van der Waals surface area contributed by atoms with E-state index in [2.05, 4.69) is 38.0 Å². The molecule has 3 nitrogen and oxygen atoms in total. The highest BCUT2D eigenvalue weighted by molar-refractivity contribution is 5.02. The van der Waals surface area contributed by atoms with Crippen LogP contribution < -0.4 is 11.3 Å². The standard InChI is InChI=1S/C16H35N3/c1-5-19(6-2)16(12-7-8-13-16)15(18-17)11-9-10-14(3)4/h14-15,18H,5-13,17H2,1-4H3. The van der Waals surface area contributed by atoms with Gasteiger partial charge in [0.15, 0.2) is 0 Å². The lowest BCUT2D eigenvalue weighted by atomic mass is 9.83. The number of nitrogens with one attached hydrogen (secondary N) is 1. The van der Waals surface area contributed by atoms with E-state index in [0.717, 1.165) is 19.0 Å². The quantitative estimate of drug-likeness (QED) is 0.498. The number of nitrogens with zero attached hydrogens (tertiary/aromatic N) is 1. The highest BCUT2D eigenvalue weighted by Gasteiger charge is 2.44. The van der Waals surface area contributed by atoms with E-state index in [1.54, 1.807) is 0 Å². The molecular formula is C16H35N3. The minimum atomic E-state index is 0.315. The van der Waals surface area contributed by atoms with Crippen molar-refractivity contribution in [3.8, 4) is 0 Å². The largest absolute Gasteiger partial charge is 0.297 e. The molecule has 0 heterocycles. The first kappa shape index (κ1) is 16.9. The molecule has 0 aromatic rings. The average Bonchev–Trinajstić information content (AvgIpc) is 2.86. The van der Waals surface area contributed by atoms with E-state index in [1.165, 1.54) is 44.9 Å². The summed E-state index contributed by atoms with van der Waals surface area (Å²) in [4.78, 5) is 2.65. The van der Waals surface area contributed by atoms with Crippen LogP contribution in [0.25, 0.3) is 0 Å². The zero-order chi connectivity index (χ0) is 14.3. The molecule has 0 spiro atoms. The maximum absolute atomic E-state index is 5.93. The van der Waals surface area contributed by atoms with Gasteiger partial charge in [-0.3, -0.25) is 16.2 Å². The molecule has 0 saturated heterocycles. The van der Waals surface area contributed by atoms with E-state index < -0.39 is 0 Å². The summed E-state index contributed by atoms with van der Waals surface area (Å²) >= 11 is 0. The van der Waals surface area contributed by atoms with Gasteiger partial charge in [0.1, 0.15) is 0 Å². The van der Waals surface area contributed by atoms with Crippen LogP contribution in [0.2, 0.25) is 0 Å². The van der Waals surface area contributed by atoms with Crippen LogP contribution in [0.5, 0.6) is 0 Å². The zero-order valence-corrected chi connectivity index (χ0v) is 13.5. The molecule has 0 aromatic heterocycles. The lowest BCUT2D eigenvalue weighted by molar-refractivity contribution is 0.0583. The van der Waals surface area contributed by atoms with Crippen LogP contribution in [0.15, 0.2) is 0 Å². The second kappa shape index (κ2) is 8.23. The van der Waals surface area contributed by atoms with Crippen molar-refractivity contribution in [3.63, 3.8) is 0 Å². The van der Waals surface area contributed by atoms with Crippen LogP contribution in [0.1, 0.15) is 72.6 Å². The van der Waals surface area contributed by atoms with E-state index >= 15 is 0 Å². The fourth-order valence-electron chi connectivity index (χ4n) is 3.96. The molecule has 0 amide bonds. The molecule has 0 aliphatic heterocycles. The summed E-state index contributed by atoms with van der Waals surface area (Å²) in [7, 11) is 0. The van der Waals surface area contributed by atoms with Gasteiger partial charge in [-0.2, -0.15) is 0 Å². The van der Waals surface area contributed by atoms with Gasteiger partial charge in [0.25, 0.3) is 0 Å². The molecule has 1 aliphatic rings. The minimum Gasteiger partial charge on any atom is -0.297 e. The Bertz CT molecular complexity index is 230. The molecule has 0 bridgehead atoms. The van der Waals surface area contributed by atoms with Crippen molar-refractivity contribution in [1.82, 2.24) is 10.3 Å². The Kier molecular flexibility index (Phi) is 7.33. The number of hydrogen-bond acceptors (Lipinski definition) is 3. The summed E-state index contributed by atoms with van der Waals surface area (Å²) in [6, 6.07) is 0.452. The van der Waals surface area contributed by atoms with E-state index in [-0.39, 0.29) is 0 Å². The molecule has 0 radical (unpaired) electrons. The number of rotatable bonds is 9. The Morgan fingerprint density at radius 1 is 1.11 bits per heavy atom. The van der Waals surface area contributed by atoms with Gasteiger partial charge in [0.2, 0.25) is 0 Å². The van der Waals surface area contributed by atoms with E-state index in [0.29, 0.717) is 11.6 Å². The van der Waals surface area contributed by atoms with Crippen LogP contribution in [-0.4, -0.2) is 29.6 Å². The molecule has 114 valence electrons. The molecular weight excluding hydrogens is 234 g/mol. The van der Waals surface area contributed by atoms with Crippen molar-refractivity contribution in [2.45, 2.75) is 84.2 Å². The van der Waals surface area contributed by atoms with Gasteiger partial charge in [0.05, 0.1) is 0 Å². The van der Waals surface area contributed by atoms with Crippen molar-refractivity contribution >= 4 is 0 Å². The number of hydrazine groups is 1. The van der Waals surface area contributed by atoms with Crippen LogP contribution >= 0.6 is 0 Å². The molecule has 1 fully saturated rings. The van der Waals surface area contributed by atoms with Crippen molar-refractivity contribution in [2.75, 3.05) is 13.1 Å². The third-order valence-corrected chi connectivity index (χ3v) is 4.99. The Morgan fingerprint density at radius 3 is 2.11 bits per heavy atom. The SMILES string of the molecule is CCN(CC)C1(C(CCCC(C)C)NN)CCCC1. The first-order chi connectivity index (χ1) is 9.10. The molecule has 3 heteroatoms.